The fraction of sp³-hybridized carbons (Fsp3) is 0.692. The Balaban J connectivity index is 2.19. The lowest BCUT2D eigenvalue weighted by molar-refractivity contribution is 0.0682. The molecule has 0 aliphatic carbocycles. The quantitative estimate of drug-likeness (QED) is 0.890. The molecule has 100 valence electrons. The molecule has 0 unspecified atom stereocenters. The Kier molecular flexibility index (Phi) is 4.01. The van der Waals surface area contributed by atoms with Crippen LogP contribution in [0.15, 0.2) is 6.20 Å². The van der Waals surface area contributed by atoms with E-state index in [0.717, 1.165) is 25.5 Å². The predicted octanol–water partition coefficient (Wildman–Crippen LogP) is 2.15. The zero-order chi connectivity index (χ0) is 13.1. The van der Waals surface area contributed by atoms with Gasteiger partial charge in [-0.1, -0.05) is 6.42 Å². The lowest BCUT2D eigenvalue weighted by atomic mass is 10.1. The van der Waals surface area contributed by atoms with Gasteiger partial charge < -0.3 is 9.67 Å². The third-order valence-corrected chi connectivity index (χ3v) is 3.42. The van der Waals surface area contributed by atoms with Crippen LogP contribution in [0.2, 0.25) is 0 Å². The summed E-state index contributed by atoms with van der Waals surface area (Å²) in [6.07, 6.45) is 5.24. The molecular formula is C13H21N3O2. The number of rotatable bonds is 4. The molecule has 18 heavy (non-hydrogen) atoms. The minimum Gasteiger partial charge on any atom is -0.477 e. The molecule has 1 aliphatic heterocycles. The molecule has 0 saturated carbocycles. The van der Waals surface area contributed by atoms with E-state index in [-0.39, 0.29) is 11.7 Å². The maximum atomic E-state index is 11.2. The van der Waals surface area contributed by atoms with Gasteiger partial charge in [0.25, 0.3) is 0 Å². The van der Waals surface area contributed by atoms with Crippen molar-refractivity contribution in [1.82, 2.24) is 14.5 Å². The summed E-state index contributed by atoms with van der Waals surface area (Å²) in [6, 6.07) is 0.124. The number of aromatic carboxylic acids is 1. The highest BCUT2D eigenvalue weighted by molar-refractivity contribution is 5.85. The van der Waals surface area contributed by atoms with Crippen LogP contribution in [0.5, 0.6) is 0 Å². The smallest absolute Gasteiger partial charge is 0.354 e. The largest absolute Gasteiger partial charge is 0.477 e. The van der Waals surface area contributed by atoms with Gasteiger partial charge in [0.1, 0.15) is 11.5 Å². The summed E-state index contributed by atoms with van der Waals surface area (Å²) in [5.74, 6) is -0.0367. The first-order valence-corrected chi connectivity index (χ1v) is 6.61. The lowest BCUT2D eigenvalue weighted by Crippen LogP contribution is -2.30. The molecule has 5 heteroatoms. The molecule has 5 nitrogen and oxygen atoms in total. The summed E-state index contributed by atoms with van der Waals surface area (Å²) < 4.78 is 1.83. The Bertz CT molecular complexity index is 420. The number of imidazole rings is 1. The van der Waals surface area contributed by atoms with Crippen LogP contribution in [0.3, 0.4) is 0 Å². The lowest BCUT2D eigenvalue weighted by Gasteiger charge is -2.26. The third kappa shape index (κ3) is 2.72. The van der Waals surface area contributed by atoms with E-state index in [1.54, 1.807) is 0 Å². The molecule has 1 fully saturated rings. The number of carboxylic acids is 1. The van der Waals surface area contributed by atoms with Crippen molar-refractivity contribution in [2.75, 3.05) is 13.1 Å². The Labute approximate surface area is 107 Å². The highest BCUT2D eigenvalue weighted by Crippen LogP contribution is 2.17. The van der Waals surface area contributed by atoms with Gasteiger partial charge in [0.05, 0.1) is 12.7 Å². The Morgan fingerprint density at radius 3 is 2.61 bits per heavy atom. The molecule has 1 aromatic heterocycles. The van der Waals surface area contributed by atoms with Crippen LogP contribution in [0.4, 0.5) is 0 Å². The zero-order valence-electron chi connectivity index (χ0n) is 11.1. The second kappa shape index (κ2) is 5.52. The van der Waals surface area contributed by atoms with Crippen molar-refractivity contribution in [2.24, 2.45) is 0 Å². The van der Waals surface area contributed by atoms with Gasteiger partial charge in [-0.05, 0) is 39.8 Å². The molecule has 0 spiro atoms. The first kappa shape index (κ1) is 13.1. The minimum absolute atomic E-state index is 0.124. The van der Waals surface area contributed by atoms with Gasteiger partial charge in [-0.3, -0.25) is 4.90 Å². The fourth-order valence-electron chi connectivity index (χ4n) is 2.57. The molecule has 1 saturated heterocycles. The molecule has 1 N–H and O–H groups in total. The van der Waals surface area contributed by atoms with Crippen LogP contribution in [0.25, 0.3) is 0 Å². The van der Waals surface area contributed by atoms with E-state index in [4.69, 9.17) is 5.11 Å². The Hall–Kier alpha value is -1.36. The van der Waals surface area contributed by atoms with Crippen molar-refractivity contribution < 1.29 is 9.90 Å². The molecule has 2 rings (SSSR count). The molecule has 0 aromatic carbocycles. The molecule has 1 aliphatic rings. The van der Waals surface area contributed by atoms with E-state index in [0.29, 0.717) is 0 Å². The van der Waals surface area contributed by atoms with Crippen molar-refractivity contribution in [3.63, 3.8) is 0 Å². The summed E-state index contributed by atoms with van der Waals surface area (Å²) in [7, 11) is 0. The summed E-state index contributed by atoms with van der Waals surface area (Å²) in [5, 5.41) is 9.16. The number of nitrogens with zero attached hydrogens (tertiary/aromatic N) is 3. The molecule has 0 radical (unpaired) electrons. The summed E-state index contributed by atoms with van der Waals surface area (Å²) in [6.45, 7) is 6.92. The summed E-state index contributed by atoms with van der Waals surface area (Å²) >= 11 is 0. The van der Waals surface area contributed by atoms with Crippen molar-refractivity contribution in [2.45, 2.75) is 45.7 Å². The van der Waals surface area contributed by atoms with E-state index in [9.17, 15) is 4.79 Å². The van der Waals surface area contributed by atoms with Crippen molar-refractivity contribution >= 4 is 5.97 Å². The Morgan fingerprint density at radius 1 is 1.39 bits per heavy atom. The minimum atomic E-state index is -0.902. The van der Waals surface area contributed by atoms with Gasteiger partial charge in [0.2, 0.25) is 0 Å². The Morgan fingerprint density at radius 2 is 2.06 bits per heavy atom. The van der Waals surface area contributed by atoms with Crippen molar-refractivity contribution in [1.29, 1.82) is 0 Å². The van der Waals surface area contributed by atoms with Crippen LogP contribution in [-0.2, 0) is 6.54 Å². The second-order valence-electron chi connectivity index (χ2n) is 5.17. The fourth-order valence-corrected chi connectivity index (χ4v) is 2.57. The van der Waals surface area contributed by atoms with Gasteiger partial charge >= 0.3 is 5.97 Å². The molecule has 0 atom stereocenters. The number of carbonyl (C=O) groups is 1. The highest BCUT2D eigenvalue weighted by Gasteiger charge is 2.20. The highest BCUT2D eigenvalue weighted by atomic mass is 16.4. The maximum Gasteiger partial charge on any atom is 0.354 e. The van der Waals surface area contributed by atoms with Crippen LogP contribution < -0.4 is 0 Å². The van der Waals surface area contributed by atoms with Crippen LogP contribution in [0, 0.1) is 0 Å². The molecule has 0 amide bonds. The summed E-state index contributed by atoms with van der Waals surface area (Å²) in [4.78, 5) is 17.8. The molecule has 0 bridgehead atoms. The van der Waals surface area contributed by atoms with E-state index < -0.39 is 5.97 Å². The van der Waals surface area contributed by atoms with Crippen LogP contribution in [-0.4, -0.2) is 38.6 Å². The van der Waals surface area contributed by atoms with E-state index in [1.165, 1.54) is 25.5 Å². The number of hydrogen-bond donors (Lipinski definition) is 1. The first-order valence-electron chi connectivity index (χ1n) is 6.61. The standard InChI is InChI=1S/C13H21N3O2/c1-10(2)16-11(13(17)18)8-14-12(16)9-15-6-4-3-5-7-15/h8,10H,3-7,9H2,1-2H3,(H,17,18). The van der Waals surface area contributed by atoms with E-state index >= 15 is 0 Å². The zero-order valence-corrected chi connectivity index (χ0v) is 11.1. The van der Waals surface area contributed by atoms with Crippen LogP contribution >= 0.6 is 0 Å². The second-order valence-corrected chi connectivity index (χ2v) is 5.17. The average molecular weight is 251 g/mol. The maximum absolute atomic E-state index is 11.2. The molecular weight excluding hydrogens is 230 g/mol. The molecule has 2 heterocycles. The van der Waals surface area contributed by atoms with Gasteiger partial charge in [-0.2, -0.15) is 0 Å². The van der Waals surface area contributed by atoms with Gasteiger partial charge in [-0.15, -0.1) is 0 Å². The third-order valence-electron chi connectivity index (χ3n) is 3.42. The number of hydrogen-bond acceptors (Lipinski definition) is 3. The predicted molar refractivity (Wildman–Crippen MR) is 68.7 cm³/mol. The normalized spacial score (nSPS) is 17.3. The topological polar surface area (TPSA) is 58.4 Å². The number of carboxylic acid groups (broad SMARTS) is 1. The SMILES string of the molecule is CC(C)n1c(C(=O)O)cnc1CN1CCCCC1. The van der Waals surface area contributed by atoms with Gasteiger partial charge in [0.15, 0.2) is 0 Å². The van der Waals surface area contributed by atoms with Gasteiger partial charge in [-0.25, -0.2) is 9.78 Å². The van der Waals surface area contributed by atoms with Crippen molar-refractivity contribution in [3.05, 3.63) is 17.7 Å². The number of piperidine rings is 1. The van der Waals surface area contributed by atoms with Crippen LogP contribution in [0.1, 0.15) is 55.5 Å². The molecule has 1 aromatic rings. The number of aromatic nitrogens is 2. The van der Waals surface area contributed by atoms with E-state index in [2.05, 4.69) is 9.88 Å². The van der Waals surface area contributed by atoms with Crippen molar-refractivity contribution in [3.8, 4) is 0 Å². The average Bonchev–Trinajstić information content (AvgIpc) is 2.74. The monoisotopic (exact) mass is 251 g/mol. The summed E-state index contributed by atoms with van der Waals surface area (Å²) in [5.41, 5.74) is 0.289. The first-order chi connectivity index (χ1) is 8.59. The van der Waals surface area contributed by atoms with E-state index in [1.807, 2.05) is 18.4 Å². The number of likely N-dealkylation sites (tertiary alicyclic amines) is 1. The van der Waals surface area contributed by atoms with Gasteiger partial charge in [0, 0.05) is 6.04 Å².